The first-order valence-electron chi connectivity index (χ1n) is 7.43. The first kappa shape index (κ1) is 15.1. The minimum absolute atomic E-state index is 0.00601. The molecule has 5 heteroatoms. The lowest BCUT2D eigenvalue weighted by Gasteiger charge is -2.14. The monoisotopic (exact) mass is 309 g/mol. The number of aromatic nitrogens is 3. The number of aliphatic carboxylic acids is 1. The molecule has 0 fully saturated rings. The van der Waals surface area contributed by atoms with Crippen LogP contribution < -0.4 is 0 Å². The molecule has 118 valence electrons. The third-order valence-corrected chi connectivity index (χ3v) is 3.65. The Morgan fingerprint density at radius 1 is 1.26 bits per heavy atom. The molecule has 0 atom stereocenters. The van der Waals surface area contributed by atoms with Gasteiger partial charge in [-0.1, -0.05) is 26.8 Å². The molecule has 0 aliphatic rings. The summed E-state index contributed by atoms with van der Waals surface area (Å²) in [6, 6.07) is 9.79. The summed E-state index contributed by atoms with van der Waals surface area (Å²) in [7, 11) is 0. The van der Waals surface area contributed by atoms with Gasteiger partial charge in [-0.2, -0.15) is 5.10 Å². The molecular formula is C18H19N3O2. The SMILES string of the molecule is CC(C)(C)c1ccn(-c2cc3cc(/C=C/C(=O)O)ccc3[nH]2)n1. The molecule has 3 rings (SSSR count). The van der Waals surface area contributed by atoms with E-state index in [0.29, 0.717) is 0 Å². The largest absolute Gasteiger partial charge is 0.478 e. The Labute approximate surface area is 134 Å². The minimum Gasteiger partial charge on any atom is -0.478 e. The number of rotatable bonds is 3. The van der Waals surface area contributed by atoms with Crippen LogP contribution >= 0.6 is 0 Å². The van der Waals surface area contributed by atoms with E-state index in [9.17, 15) is 4.79 Å². The normalized spacial score (nSPS) is 12.3. The van der Waals surface area contributed by atoms with E-state index in [2.05, 4.69) is 30.9 Å². The van der Waals surface area contributed by atoms with E-state index in [-0.39, 0.29) is 5.41 Å². The van der Waals surface area contributed by atoms with E-state index in [4.69, 9.17) is 5.11 Å². The van der Waals surface area contributed by atoms with E-state index in [1.54, 1.807) is 6.08 Å². The van der Waals surface area contributed by atoms with Gasteiger partial charge in [-0.05, 0) is 35.9 Å². The average Bonchev–Trinajstić information content (AvgIpc) is 3.10. The van der Waals surface area contributed by atoms with Gasteiger partial charge in [0.2, 0.25) is 0 Å². The Morgan fingerprint density at radius 3 is 2.70 bits per heavy atom. The fourth-order valence-corrected chi connectivity index (χ4v) is 2.39. The number of hydrogen-bond acceptors (Lipinski definition) is 2. The molecule has 0 saturated heterocycles. The zero-order valence-electron chi connectivity index (χ0n) is 13.4. The Bertz CT molecular complexity index is 895. The molecule has 2 N–H and O–H groups in total. The molecule has 0 radical (unpaired) electrons. The summed E-state index contributed by atoms with van der Waals surface area (Å²) in [6.45, 7) is 6.39. The van der Waals surface area contributed by atoms with E-state index in [0.717, 1.165) is 34.1 Å². The van der Waals surface area contributed by atoms with E-state index >= 15 is 0 Å². The zero-order valence-corrected chi connectivity index (χ0v) is 13.4. The summed E-state index contributed by atoms with van der Waals surface area (Å²) in [5, 5.41) is 14.3. The highest BCUT2D eigenvalue weighted by Gasteiger charge is 2.17. The standard InChI is InChI=1S/C18H19N3O2/c1-18(2,3)15-8-9-21(20-15)16-11-13-10-12(5-7-17(22)23)4-6-14(13)19-16/h4-11,19H,1-3H3,(H,22,23)/b7-5+. The predicted octanol–water partition coefficient (Wildman–Crippen LogP) is 3.75. The van der Waals surface area contributed by atoms with Crippen LogP contribution in [-0.4, -0.2) is 25.8 Å². The lowest BCUT2D eigenvalue weighted by molar-refractivity contribution is -0.131. The van der Waals surface area contributed by atoms with Crippen molar-refractivity contribution >= 4 is 22.9 Å². The van der Waals surface area contributed by atoms with Gasteiger partial charge >= 0.3 is 5.97 Å². The maximum atomic E-state index is 10.6. The molecule has 0 aliphatic heterocycles. The van der Waals surface area contributed by atoms with E-state index < -0.39 is 5.97 Å². The van der Waals surface area contributed by atoms with Crippen molar-refractivity contribution in [2.24, 2.45) is 0 Å². The van der Waals surface area contributed by atoms with Crippen molar-refractivity contribution in [3.63, 3.8) is 0 Å². The van der Waals surface area contributed by atoms with Crippen LogP contribution in [0.3, 0.4) is 0 Å². The summed E-state index contributed by atoms with van der Waals surface area (Å²) in [5.74, 6) is -0.0685. The Kier molecular flexibility index (Phi) is 3.56. The number of carbonyl (C=O) groups is 1. The van der Waals surface area contributed by atoms with Gasteiger partial charge in [0.15, 0.2) is 0 Å². The van der Waals surface area contributed by atoms with E-state index in [1.165, 1.54) is 0 Å². The quantitative estimate of drug-likeness (QED) is 0.724. The van der Waals surface area contributed by atoms with Crippen LogP contribution in [0.2, 0.25) is 0 Å². The van der Waals surface area contributed by atoms with Gasteiger partial charge in [0.1, 0.15) is 5.82 Å². The van der Waals surface area contributed by atoms with Crippen molar-refractivity contribution in [2.45, 2.75) is 26.2 Å². The molecule has 3 aromatic rings. The number of carboxylic acids is 1. The second kappa shape index (κ2) is 5.43. The second-order valence-electron chi connectivity index (χ2n) is 6.57. The summed E-state index contributed by atoms with van der Waals surface area (Å²) in [4.78, 5) is 13.9. The van der Waals surface area contributed by atoms with Crippen LogP contribution in [0, 0.1) is 0 Å². The van der Waals surface area contributed by atoms with Crippen LogP contribution in [0.5, 0.6) is 0 Å². The minimum atomic E-state index is -0.953. The zero-order chi connectivity index (χ0) is 16.6. The fourth-order valence-electron chi connectivity index (χ4n) is 2.39. The van der Waals surface area contributed by atoms with Crippen molar-refractivity contribution in [2.75, 3.05) is 0 Å². The highest BCUT2D eigenvalue weighted by molar-refractivity contribution is 5.88. The molecule has 0 amide bonds. The highest BCUT2D eigenvalue weighted by atomic mass is 16.4. The van der Waals surface area contributed by atoms with E-state index in [1.807, 2.05) is 41.2 Å². The average molecular weight is 309 g/mol. The smallest absolute Gasteiger partial charge is 0.328 e. The number of fused-ring (bicyclic) bond motifs is 1. The van der Waals surface area contributed by atoms with Crippen LogP contribution in [0.1, 0.15) is 32.0 Å². The highest BCUT2D eigenvalue weighted by Crippen LogP contribution is 2.23. The number of nitrogens with zero attached hydrogens (tertiary/aromatic N) is 2. The van der Waals surface area contributed by atoms with Gasteiger partial charge in [0.25, 0.3) is 0 Å². The Balaban J connectivity index is 1.97. The van der Waals surface area contributed by atoms with Crippen molar-refractivity contribution in [3.8, 4) is 5.82 Å². The molecule has 1 aromatic carbocycles. The molecule has 2 aromatic heterocycles. The second-order valence-corrected chi connectivity index (χ2v) is 6.57. The van der Waals surface area contributed by atoms with Gasteiger partial charge in [-0.15, -0.1) is 0 Å². The number of H-pyrrole nitrogens is 1. The summed E-state index contributed by atoms with van der Waals surface area (Å²) in [6.07, 6.45) is 4.66. The number of nitrogens with one attached hydrogen (secondary N) is 1. The van der Waals surface area contributed by atoms with Gasteiger partial charge in [0, 0.05) is 28.6 Å². The van der Waals surface area contributed by atoms with Crippen LogP contribution in [0.15, 0.2) is 42.6 Å². The maximum absolute atomic E-state index is 10.6. The van der Waals surface area contributed by atoms with Gasteiger partial charge in [-0.25, -0.2) is 9.48 Å². The fraction of sp³-hybridized carbons (Fsp3) is 0.222. The number of hydrogen-bond donors (Lipinski definition) is 2. The Hall–Kier alpha value is -2.82. The number of carboxylic acid groups (broad SMARTS) is 1. The first-order valence-corrected chi connectivity index (χ1v) is 7.43. The number of aromatic amines is 1. The molecule has 0 bridgehead atoms. The van der Waals surface area contributed by atoms with Crippen LogP contribution in [-0.2, 0) is 10.2 Å². The van der Waals surface area contributed by atoms with Crippen molar-refractivity contribution in [1.82, 2.24) is 14.8 Å². The van der Waals surface area contributed by atoms with Gasteiger partial charge in [-0.3, -0.25) is 0 Å². The molecule has 5 nitrogen and oxygen atoms in total. The van der Waals surface area contributed by atoms with Crippen LogP contribution in [0.25, 0.3) is 22.8 Å². The lowest BCUT2D eigenvalue weighted by atomic mass is 9.93. The molecular weight excluding hydrogens is 290 g/mol. The first-order chi connectivity index (χ1) is 10.8. The Morgan fingerprint density at radius 2 is 2.04 bits per heavy atom. The summed E-state index contributed by atoms with van der Waals surface area (Å²) in [5.41, 5.74) is 2.87. The molecule has 2 heterocycles. The van der Waals surface area contributed by atoms with Crippen LogP contribution in [0.4, 0.5) is 0 Å². The molecule has 0 saturated carbocycles. The summed E-state index contributed by atoms with van der Waals surface area (Å²) >= 11 is 0. The van der Waals surface area contributed by atoms with Crippen molar-refractivity contribution in [3.05, 3.63) is 53.9 Å². The number of benzene rings is 1. The molecule has 23 heavy (non-hydrogen) atoms. The third kappa shape index (κ3) is 3.18. The lowest BCUT2D eigenvalue weighted by Crippen LogP contribution is -2.12. The topological polar surface area (TPSA) is 70.9 Å². The van der Waals surface area contributed by atoms with Crippen molar-refractivity contribution < 1.29 is 9.90 Å². The third-order valence-electron chi connectivity index (χ3n) is 3.65. The molecule has 0 spiro atoms. The summed E-state index contributed by atoms with van der Waals surface area (Å²) < 4.78 is 1.83. The van der Waals surface area contributed by atoms with Gasteiger partial charge in [0.05, 0.1) is 5.69 Å². The van der Waals surface area contributed by atoms with Gasteiger partial charge < -0.3 is 10.1 Å². The van der Waals surface area contributed by atoms with Crippen molar-refractivity contribution in [1.29, 1.82) is 0 Å². The molecule has 0 unspecified atom stereocenters. The molecule has 0 aliphatic carbocycles. The maximum Gasteiger partial charge on any atom is 0.328 e. The predicted molar refractivity (Wildman–Crippen MR) is 90.8 cm³/mol.